The number of hydrogen-bond acceptors (Lipinski definition) is 6. The lowest BCUT2D eigenvalue weighted by atomic mass is 10.0. The minimum absolute atomic E-state index is 0.0753. The molecule has 0 unspecified atom stereocenters. The molecule has 0 bridgehead atoms. The summed E-state index contributed by atoms with van der Waals surface area (Å²) in [6.45, 7) is 5.62. The van der Waals surface area contributed by atoms with E-state index in [1.54, 1.807) is 0 Å². The molecular formula is C33H62O6. The highest BCUT2D eigenvalue weighted by Gasteiger charge is 2.18. The Hall–Kier alpha value is -1.59. The van der Waals surface area contributed by atoms with Crippen LogP contribution in [-0.2, 0) is 28.6 Å². The van der Waals surface area contributed by atoms with Gasteiger partial charge >= 0.3 is 17.9 Å². The molecule has 6 heteroatoms. The summed E-state index contributed by atoms with van der Waals surface area (Å²) in [7, 11) is 0. The SMILES string of the molecule is CCCCCCCCCCCCCCCC(=O)OC[C@@H](COC(C)=O)OC(=O)CCCCCCCCCCC. The van der Waals surface area contributed by atoms with Gasteiger partial charge in [0, 0.05) is 19.8 Å². The molecule has 0 amide bonds. The number of carbonyl (C=O) groups is 3. The molecule has 0 aromatic carbocycles. The van der Waals surface area contributed by atoms with E-state index >= 15 is 0 Å². The minimum Gasteiger partial charge on any atom is -0.462 e. The first kappa shape index (κ1) is 37.4. The van der Waals surface area contributed by atoms with E-state index < -0.39 is 12.1 Å². The van der Waals surface area contributed by atoms with Gasteiger partial charge in [0.25, 0.3) is 0 Å². The lowest BCUT2D eigenvalue weighted by Gasteiger charge is -2.18. The van der Waals surface area contributed by atoms with Crippen LogP contribution < -0.4 is 0 Å². The number of esters is 3. The van der Waals surface area contributed by atoms with Crippen molar-refractivity contribution in [3.8, 4) is 0 Å². The van der Waals surface area contributed by atoms with E-state index in [9.17, 15) is 14.4 Å². The maximum absolute atomic E-state index is 12.3. The van der Waals surface area contributed by atoms with Gasteiger partial charge in [-0.1, -0.05) is 142 Å². The zero-order valence-corrected chi connectivity index (χ0v) is 25.9. The van der Waals surface area contributed by atoms with Gasteiger partial charge in [-0.25, -0.2) is 0 Å². The van der Waals surface area contributed by atoms with E-state index in [0.29, 0.717) is 12.8 Å². The summed E-state index contributed by atoms with van der Waals surface area (Å²) >= 11 is 0. The predicted octanol–water partition coefficient (Wildman–Crippen LogP) is 9.41. The van der Waals surface area contributed by atoms with Crippen molar-refractivity contribution >= 4 is 17.9 Å². The summed E-state index contributed by atoms with van der Waals surface area (Å²) < 4.78 is 15.8. The molecule has 1 atom stereocenters. The molecule has 39 heavy (non-hydrogen) atoms. The van der Waals surface area contributed by atoms with Crippen molar-refractivity contribution in [1.29, 1.82) is 0 Å². The second-order valence-corrected chi connectivity index (χ2v) is 11.2. The molecule has 0 heterocycles. The number of rotatable bonds is 29. The van der Waals surface area contributed by atoms with Crippen molar-refractivity contribution in [2.24, 2.45) is 0 Å². The van der Waals surface area contributed by atoms with E-state index in [2.05, 4.69) is 13.8 Å². The monoisotopic (exact) mass is 554 g/mol. The molecule has 0 aliphatic carbocycles. The Labute approximate surface area is 240 Å². The first-order valence-electron chi connectivity index (χ1n) is 16.5. The van der Waals surface area contributed by atoms with Crippen LogP contribution in [0.15, 0.2) is 0 Å². The van der Waals surface area contributed by atoms with E-state index in [1.807, 2.05) is 0 Å². The minimum atomic E-state index is -0.754. The summed E-state index contributed by atoms with van der Waals surface area (Å²) in [5.74, 6) is -1.07. The molecule has 0 aliphatic heterocycles. The van der Waals surface area contributed by atoms with Crippen molar-refractivity contribution in [2.45, 2.75) is 181 Å². The van der Waals surface area contributed by atoms with Gasteiger partial charge < -0.3 is 14.2 Å². The summed E-state index contributed by atoms with van der Waals surface area (Å²) in [5.41, 5.74) is 0. The van der Waals surface area contributed by atoms with Crippen LogP contribution >= 0.6 is 0 Å². The zero-order chi connectivity index (χ0) is 28.8. The highest BCUT2D eigenvalue weighted by molar-refractivity contribution is 5.70. The van der Waals surface area contributed by atoms with Crippen molar-refractivity contribution in [1.82, 2.24) is 0 Å². The Kier molecular flexibility index (Phi) is 28.2. The van der Waals surface area contributed by atoms with Crippen LogP contribution in [0.25, 0.3) is 0 Å². The first-order chi connectivity index (χ1) is 19.0. The van der Waals surface area contributed by atoms with Crippen LogP contribution in [0, 0.1) is 0 Å². The molecular weight excluding hydrogens is 492 g/mol. The molecule has 0 saturated carbocycles. The Morgan fingerprint density at radius 1 is 0.462 bits per heavy atom. The van der Waals surface area contributed by atoms with E-state index in [1.165, 1.54) is 110 Å². The number of carbonyl (C=O) groups excluding carboxylic acids is 3. The molecule has 0 fully saturated rings. The smallest absolute Gasteiger partial charge is 0.306 e. The molecule has 6 nitrogen and oxygen atoms in total. The summed E-state index contributed by atoms with van der Waals surface area (Å²) in [5, 5.41) is 0. The van der Waals surface area contributed by atoms with E-state index in [4.69, 9.17) is 14.2 Å². The van der Waals surface area contributed by atoms with Gasteiger partial charge in [-0.3, -0.25) is 14.4 Å². The maximum Gasteiger partial charge on any atom is 0.306 e. The van der Waals surface area contributed by atoms with Crippen LogP contribution in [0.2, 0.25) is 0 Å². The van der Waals surface area contributed by atoms with Crippen molar-refractivity contribution < 1.29 is 28.6 Å². The van der Waals surface area contributed by atoms with Gasteiger partial charge in [-0.2, -0.15) is 0 Å². The molecule has 0 N–H and O–H groups in total. The fraction of sp³-hybridized carbons (Fsp3) is 0.909. The van der Waals surface area contributed by atoms with E-state index in [-0.39, 0.29) is 25.2 Å². The van der Waals surface area contributed by atoms with Crippen molar-refractivity contribution in [3.05, 3.63) is 0 Å². The second-order valence-electron chi connectivity index (χ2n) is 11.2. The van der Waals surface area contributed by atoms with Crippen molar-refractivity contribution in [3.63, 3.8) is 0 Å². The highest BCUT2D eigenvalue weighted by atomic mass is 16.6. The molecule has 0 saturated heterocycles. The fourth-order valence-electron chi connectivity index (χ4n) is 4.70. The van der Waals surface area contributed by atoms with Crippen LogP contribution in [0.5, 0.6) is 0 Å². The summed E-state index contributed by atoms with van der Waals surface area (Å²) in [4.78, 5) is 35.6. The largest absolute Gasteiger partial charge is 0.462 e. The topological polar surface area (TPSA) is 78.9 Å². The highest BCUT2D eigenvalue weighted by Crippen LogP contribution is 2.14. The lowest BCUT2D eigenvalue weighted by molar-refractivity contribution is -0.166. The summed E-state index contributed by atoms with van der Waals surface area (Å²) in [6.07, 6.45) is 26.9. The van der Waals surface area contributed by atoms with Gasteiger partial charge in [0.1, 0.15) is 13.2 Å². The van der Waals surface area contributed by atoms with Gasteiger partial charge in [0.15, 0.2) is 6.10 Å². The Morgan fingerprint density at radius 2 is 0.795 bits per heavy atom. The third kappa shape index (κ3) is 29.2. The predicted molar refractivity (Wildman–Crippen MR) is 160 cm³/mol. The summed E-state index contributed by atoms with van der Waals surface area (Å²) in [6, 6.07) is 0. The number of unbranched alkanes of at least 4 members (excludes halogenated alkanes) is 20. The molecule has 0 aromatic heterocycles. The quantitative estimate of drug-likeness (QED) is 0.0520. The third-order valence-electron chi connectivity index (χ3n) is 7.17. The van der Waals surface area contributed by atoms with Crippen LogP contribution in [-0.4, -0.2) is 37.2 Å². The van der Waals surface area contributed by atoms with E-state index in [0.717, 1.165) is 38.5 Å². The molecule has 0 rings (SSSR count). The van der Waals surface area contributed by atoms with Crippen LogP contribution in [0.4, 0.5) is 0 Å². The number of ether oxygens (including phenoxy) is 3. The molecule has 0 spiro atoms. The third-order valence-corrected chi connectivity index (χ3v) is 7.17. The van der Waals surface area contributed by atoms with Crippen molar-refractivity contribution in [2.75, 3.05) is 13.2 Å². The first-order valence-corrected chi connectivity index (χ1v) is 16.5. The van der Waals surface area contributed by atoms with Crippen LogP contribution in [0.3, 0.4) is 0 Å². The molecule has 0 radical (unpaired) electrons. The average molecular weight is 555 g/mol. The zero-order valence-electron chi connectivity index (χ0n) is 25.9. The lowest BCUT2D eigenvalue weighted by Crippen LogP contribution is -2.30. The van der Waals surface area contributed by atoms with Crippen LogP contribution in [0.1, 0.15) is 175 Å². The van der Waals surface area contributed by atoms with Gasteiger partial charge in [0.05, 0.1) is 0 Å². The molecule has 0 aromatic rings. The van der Waals surface area contributed by atoms with Gasteiger partial charge in [-0.05, 0) is 12.8 Å². The average Bonchev–Trinajstić information content (AvgIpc) is 2.91. The Bertz CT molecular complexity index is 577. The second kappa shape index (κ2) is 29.4. The standard InChI is InChI=1S/C33H62O6/c1-4-6-8-10-12-14-15-16-17-19-20-22-24-26-32(35)38-29-31(28-37-30(3)34)39-33(36)27-25-23-21-18-13-11-9-7-5-2/h31H,4-29H2,1-3H3/t31-/m1/s1. The molecule has 230 valence electrons. The maximum atomic E-state index is 12.3. The van der Waals surface area contributed by atoms with Gasteiger partial charge in [0.2, 0.25) is 0 Å². The van der Waals surface area contributed by atoms with Gasteiger partial charge in [-0.15, -0.1) is 0 Å². The normalized spacial score (nSPS) is 11.8. The molecule has 0 aliphatic rings. The fourth-order valence-corrected chi connectivity index (χ4v) is 4.70. The Morgan fingerprint density at radius 3 is 1.18 bits per heavy atom. The number of hydrogen-bond donors (Lipinski definition) is 0. The Balaban J connectivity index is 3.87.